The van der Waals surface area contributed by atoms with Gasteiger partial charge in [-0.3, -0.25) is 0 Å². The summed E-state index contributed by atoms with van der Waals surface area (Å²) < 4.78 is 0. The molecule has 1 nitrogen and oxygen atoms in total. The van der Waals surface area contributed by atoms with E-state index in [4.69, 9.17) is 46.4 Å². The Bertz CT molecular complexity index is 451. The van der Waals surface area contributed by atoms with Crippen LogP contribution in [0.3, 0.4) is 0 Å². The highest BCUT2D eigenvalue weighted by atomic mass is 35.5. The lowest BCUT2D eigenvalue weighted by Gasteiger charge is -2.08. The number of hydrogen-bond donors (Lipinski definition) is 1. The maximum absolute atomic E-state index is 9.47. The van der Waals surface area contributed by atoms with Gasteiger partial charge >= 0.3 is 0 Å². The molecule has 0 atom stereocenters. The van der Waals surface area contributed by atoms with Gasteiger partial charge in [-0.05, 0) is 19.9 Å². The zero-order valence-corrected chi connectivity index (χ0v) is 11.6. The Hall–Kier alpha value is -0.100. The van der Waals surface area contributed by atoms with Crippen LogP contribution >= 0.6 is 46.4 Å². The maximum Gasteiger partial charge on any atom is 0.120 e. The Morgan fingerprint density at radius 3 is 1.88 bits per heavy atom. The highest BCUT2D eigenvalue weighted by Crippen LogP contribution is 2.36. The molecular weight excluding hydrogens is 290 g/mol. The molecule has 0 saturated carbocycles. The van der Waals surface area contributed by atoms with E-state index in [9.17, 15) is 5.11 Å². The van der Waals surface area contributed by atoms with Crippen LogP contribution in [0.25, 0.3) is 0 Å². The van der Waals surface area contributed by atoms with Crippen LogP contribution in [-0.4, -0.2) is 10.7 Å². The number of hydrogen-bond acceptors (Lipinski definition) is 1. The SMILES string of the molecule is CC(C)(O)C#Cc1c(Cl)c(Cl)cc(Cl)c1Cl. The van der Waals surface area contributed by atoms with Crippen molar-refractivity contribution < 1.29 is 5.11 Å². The van der Waals surface area contributed by atoms with Crippen LogP contribution in [-0.2, 0) is 0 Å². The van der Waals surface area contributed by atoms with Crippen LogP contribution in [0, 0.1) is 11.8 Å². The van der Waals surface area contributed by atoms with Gasteiger partial charge < -0.3 is 5.11 Å². The Balaban J connectivity index is 3.38. The normalized spacial score (nSPS) is 10.9. The first kappa shape index (κ1) is 14.0. The standard InChI is InChI=1S/C11H8Cl4O/c1-11(2,16)4-3-6-9(14)7(12)5-8(13)10(6)15/h5,16H,1-2H3. The third-order valence-corrected chi connectivity index (χ3v) is 3.18. The summed E-state index contributed by atoms with van der Waals surface area (Å²) in [5, 5.41) is 10.5. The summed E-state index contributed by atoms with van der Waals surface area (Å²) in [5.74, 6) is 5.26. The molecule has 0 aliphatic rings. The first-order valence-corrected chi connectivity index (χ1v) is 5.82. The summed E-state index contributed by atoms with van der Waals surface area (Å²) in [7, 11) is 0. The zero-order chi connectivity index (χ0) is 12.5. The van der Waals surface area contributed by atoms with Crippen LogP contribution in [0.1, 0.15) is 19.4 Å². The summed E-state index contributed by atoms with van der Waals surface area (Å²) in [6.07, 6.45) is 0. The Kier molecular flexibility index (Phi) is 4.40. The molecule has 0 aliphatic heterocycles. The lowest BCUT2D eigenvalue weighted by molar-refractivity contribution is 0.143. The molecule has 86 valence electrons. The molecule has 1 rings (SSSR count). The second-order valence-electron chi connectivity index (χ2n) is 3.65. The Morgan fingerprint density at radius 1 is 1.06 bits per heavy atom. The van der Waals surface area contributed by atoms with Crippen molar-refractivity contribution in [1.29, 1.82) is 0 Å². The van der Waals surface area contributed by atoms with Crippen molar-refractivity contribution in [1.82, 2.24) is 0 Å². The molecule has 1 aromatic rings. The molecule has 0 spiro atoms. The van der Waals surface area contributed by atoms with Crippen molar-refractivity contribution in [2.75, 3.05) is 0 Å². The van der Waals surface area contributed by atoms with Crippen molar-refractivity contribution >= 4 is 46.4 Å². The summed E-state index contributed by atoms with van der Waals surface area (Å²) in [5.41, 5.74) is -0.815. The van der Waals surface area contributed by atoms with Gasteiger partial charge in [-0.1, -0.05) is 58.2 Å². The van der Waals surface area contributed by atoms with E-state index in [1.807, 2.05) is 0 Å². The maximum atomic E-state index is 9.47. The molecule has 0 amide bonds. The summed E-state index contributed by atoms with van der Waals surface area (Å²) >= 11 is 23.6. The van der Waals surface area contributed by atoms with Crippen molar-refractivity contribution in [3.05, 3.63) is 31.7 Å². The van der Waals surface area contributed by atoms with E-state index < -0.39 is 5.60 Å². The molecule has 0 radical (unpaired) electrons. The van der Waals surface area contributed by atoms with Gasteiger partial charge in [0.2, 0.25) is 0 Å². The van der Waals surface area contributed by atoms with Crippen LogP contribution in [0.4, 0.5) is 0 Å². The van der Waals surface area contributed by atoms with Crippen LogP contribution < -0.4 is 0 Å². The van der Waals surface area contributed by atoms with Gasteiger partial charge in [-0.25, -0.2) is 0 Å². The van der Waals surface area contributed by atoms with E-state index in [0.717, 1.165) is 0 Å². The van der Waals surface area contributed by atoms with Gasteiger partial charge in [0.05, 0.1) is 25.7 Å². The molecule has 16 heavy (non-hydrogen) atoms. The summed E-state index contributed by atoms with van der Waals surface area (Å²) in [6.45, 7) is 3.10. The van der Waals surface area contributed by atoms with E-state index >= 15 is 0 Å². The third kappa shape index (κ3) is 3.45. The predicted molar refractivity (Wildman–Crippen MR) is 69.7 cm³/mol. The largest absolute Gasteiger partial charge is 0.378 e. The van der Waals surface area contributed by atoms with Crippen LogP contribution in [0.2, 0.25) is 20.1 Å². The van der Waals surface area contributed by atoms with E-state index in [-0.39, 0.29) is 20.1 Å². The molecule has 1 N–H and O–H groups in total. The molecule has 0 fully saturated rings. The van der Waals surface area contributed by atoms with Crippen molar-refractivity contribution in [3.63, 3.8) is 0 Å². The quantitative estimate of drug-likeness (QED) is 0.555. The molecule has 5 heteroatoms. The Labute approximate surface area is 114 Å². The predicted octanol–water partition coefficient (Wildman–Crippen LogP) is 4.42. The molecule has 0 aromatic heterocycles. The third-order valence-electron chi connectivity index (χ3n) is 1.61. The van der Waals surface area contributed by atoms with Crippen LogP contribution in [0.5, 0.6) is 0 Å². The molecule has 0 saturated heterocycles. The molecule has 0 bridgehead atoms. The lowest BCUT2D eigenvalue weighted by atomic mass is 10.1. The molecule has 0 aliphatic carbocycles. The zero-order valence-electron chi connectivity index (χ0n) is 8.54. The van der Waals surface area contributed by atoms with E-state index in [1.54, 1.807) is 13.8 Å². The molecule has 1 aromatic carbocycles. The van der Waals surface area contributed by atoms with Crippen molar-refractivity contribution in [3.8, 4) is 11.8 Å². The van der Waals surface area contributed by atoms with Gasteiger partial charge in [-0.15, -0.1) is 0 Å². The fourth-order valence-electron chi connectivity index (χ4n) is 0.898. The van der Waals surface area contributed by atoms with Gasteiger partial charge in [0.25, 0.3) is 0 Å². The van der Waals surface area contributed by atoms with Gasteiger partial charge in [-0.2, -0.15) is 0 Å². The summed E-state index contributed by atoms with van der Waals surface area (Å²) in [6, 6.07) is 1.45. The molecular formula is C11H8Cl4O. The van der Waals surface area contributed by atoms with Crippen molar-refractivity contribution in [2.24, 2.45) is 0 Å². The number of rotatable bonds is 0. The highest BCUT2D eigenvalue weighted by Gasteiger charge is 2.13. The topological polar surface area (TPSA) is 20.2 Å². The summed E-state index contributed by atoms with van der Waals surface area (Å²) in [4.78, 5) is 0. The average Bonchev–Trinajstić information content (AvgIpc) is 2.13. The van der Waals surface area contributed by atoms with E-state index in [2.05, 4.69) is 11.8 Å². The first-order valence-electron chi connectivity index (χ1n) is 4.31. The number of halogens is 4. The second kappa shape index (κ2) is 5.04. The minimum Gasteiger partial charge on any atom is -0.378 e. The van der Waals surface area contributed by atoms with Crippen molar-refractivity contribution in [2.45, 2.75) is 19.4 Å². The average molecular weight is 298 g/mol. The minimum atomic E-state index is -1.14. The molecule has 0 heterocycles. The fraction of sp³-hybridized carbons (Fsp3) is 0.273. The first-order chi connectivity index (χ1) is 7.22. The molecule has 0 unspecified atom stereocenters. The number of aliphatic hydroxyl groups is 1. The highest BCUT2D eigenvalue weighted by molar-refractivity contribution is 6.48. The minimum absolute atomic E-state index is 0.229. The number of benzene rings is 1. The smallest absolute Gasteiger partial charge is 0.120 e. The lowest BCUT2D eigenvalue weighted by Crippen LogP contribution is -2.14. The Morgan fingerprint density at radius 2 is 1.50 bits per heavy atom. The monoisotopic (exact) mass is 296 g/mol. The van der Waals surface area contributed by atoms with E-state index in [1.165, 1.54) is 6.07 Å². The van der Waals surface area contributed by atoms with Gasteiger partial charge in [0, 0.05) is 0 Å². The van der Waals surface area contributed by atoms with E-state index in [0.29, 0.717) is 5.56 Å². The van der Waals surface area contributed by atoms with Gasteiger partial charge in [0.1, 0.15) is 5.60 Å². The van der Waals surface area contributed by atoms with Gasteiger partial charge in [0.15, 0.2) is 0 Å². The second-order valence-corrected chi connectivity index (χ2v) is 5.22. The fourth-order valence-corrected chi connectivity index (χ4v) is 1.80. The van der Waals surface area contributed by atoms with Crippen LogP contribution in [0.15, 0.2) is 6.07 Å².